The van der Waals surface area contributed by atoms with Gasteiger partial charge in [0.15, 0.2) is 0 Å². The summed E-state index contributed by atoms with van der Waals surface area (Å²) in [6.45, 7) is -0.119. The summed E-state index contributed by atoms with van der Waals surface area (Å²) in [6, 6.07) is 9.56. The summed E-state index contributed by atoms with van der Waals surface area (Å²) < 4.78 is 46.6. The molecule has 1 aliphatic heterocycles. The van der Waals surface area contributed by atoms with Crippen molar-refractivity contribution in [2.45, 2.75) is 4.90 Å². The minimum absolute atomic E-state index is 0.00860. The Hall–Kier alpha value is -2.42. The van der Waals surface area contributed by atoms with Gasteiger partial charge in [0.25, 0.3) is 0 Å². The summed E-state index contributed by atoms with van der Waals surface area (Å²) in [5.41, 5.74) is -0.887. The molecule has 1 saturated heterocycles. The van der Waals surface area contributed by atoms with Crippen LogP contribution < -0.4 is 10.1 Å². The molecule has 2 N–H and O–H groups in total. The van der Waals surface area contributed by atoms with Crippen LogP contribution in [-0.4, -0.2) is 56.6 Å². The van der Waals surface area contributed by atoms with E-state index in [1.165, 1.54) is 34.6 Å². The zero-order valence-electron chi connectivity index (χ0n) is 16.5. The van der Waals surface area contributed by atoms with E-state index in [0.29, 0.717) is 5.02 Å². The second-order valence-electron chi connectivity index (χ2n) is 7.39. The Labute approximate surface area is 194 Å². The summed E-state index contributed by atoms with van der Waals surface area (Å²) in [7, 11) is -3.91. The Morgan fingerprint density at radius 2 is 2.00 bits per heavy atom. The van der Waals surface area contributed by atoms with Gasteiger partial charge in [-0.05, 0) is 30.3 Å². The molecule has 1 heterocycles. The number of nitrogens with one attached hydrogen (secondary N) is 1. The Morgan fingerprint density at radius 1 is 1.28 bits per heavy atom. The van der Waals surface area contributed by atoms with E-state index in [1.807, 2.05) is 0 Å². The standard InChI is InChI=1S/C20H18Cl2FN3O5S/c21-14-2-4-18(16(22)5-14)32(29,30)26-10-20(11-26,9-25-8-19(27)28)12-31-15-3-1-13(7-24)17(23)6-15/h1-6,25H,8-12H2,(H,27,28). The minimum atomic E-state index is -3.91. The zero-order chi connectivity index (χ0) is 23.5. The molecule has 3 rings (SSSR count). The predicted molar refractivity (Wildman–Crippen MR) is 115 cm³/mol. The molecular formula is C20H18Cl2FN3O5S. The maximum Gasteiger partial charge on any atom is 0.317 e. The fourth-order valence-electron chi connectivity index (χ4n) is 3.30. The minimum Gasteiger partial charge on any atom is -0.493 e. The summed E-state index contributed by atoms with van der Waals surface area (Å²) in [5.74, 6) is -1.63. The third-order valence-corrected chi connectivity index (χ3v) is 7.43. The molecule has 0 amide bonds. The highest BCUT2D eigenvalue weighted by molar-refractivity contribution is 7.89. The van der Waals surface area contributed by atoms with E-state index in [1.54, 1.807) is 6.07 Å². The van der Waals surface area contributed by atoms with E-state index in [9.17, 15) is 17.6 Å². The second kappa shape index (κ2) is 9.60. The molecule has 8 nitrogen and oxygen atoms in total. The van der Waals surface area contributed by atoms with E-state index in [2.05, 4.69) is 5.32 Å². The Morgan fingerprint density at radius 3 is 2.59 bits per heavy atom. The number of carboxylic acid groups (broad SMARTS) is 1. The van der Waals surface area contributed by atoms with Gasteiger partial charge in [-0.2, -0.15) is 9.57 Å². The van der Waals surface area contributed by atoms with Crippen molar-refractivity contribution >= 4 is 39.2 Å². The van der Waals surface area contributed by atoms with Gasteiger partial charge >= 0.3 is 5.97 Å². The summed E-state index contributed by atoms with van der Waals surface area (Å²) >= 11 is 11.9. The lowest BCUT2D eigenvalue weighted by molar-refractivity contribution is -0.136. The Bertz CT molecular complexity index is 1180. The first-order chi connectivity index (χ1) is 15.1. The van der Waals surface area contributed by atoms with Crippen LogP contribution in [-0.2, 0) is 14.8 Å². The van der Waals surface area contributed by atoms with Crippen molar-refractivity contribution in [3.8, 4) is 11.8 Å². The molecule has 32 heavy (non-hydrogen) atoms. The highest BCUT2D eigenvalue weighted by atomic mass is 35.5. The molecule has 0 radical (unpaired) electrons. The number of halogens is 3. The van der Waals surface area contributed by atoms with Gasteiger partial charge in [0.1, 0.15) is 22.5 Å². The molecular weight excluding hydrogens is 484 g/mol. The number of sulfonamides is 1. The van der Waals surface area contributed by atoms with Gasteiger partial charge in [-0.15, -0.1) is 0 Å². The second-order valence-corrected chi connectivity index (χ2v) is 10.1. The SMILES string of the molecule is N#Cc1ccc(OCC2(CNCC(=O)O)CN(S(=O)(=O)c3ccc(Cl)cc3Cl)C2)cc1F. The van der Waals surface area contributed by atoms with Gasteiger partial charge in [0, 0.05) is 36.1 Å². The third-order valence-electron chi connectivity index (χ3n) is 4.92. The monoisotopic (exact) mass is 501 g/mol. The summed E-state index contributed by atoms with van der Waals surface area (Å²) in [5, 5.41) is 20.8. The summed E-state index contributed by atoms with van der Waals surface area (Å²) in [4.78, 5) is 10.8. The normalized spacial score (nSPS) is 15.6. The molecule has 0 aromatic heterocycles. The first-order valence-corrected chi connectivity index (χ1v) is 11.5. The number of rotatable bonds is 9. The fourth-order valence-corrected chi connectivity index (χ4v) is 5.71. The number of hydrogen-bond donors (Lipinski definition) is 2. The molecule has 1 fully saturated rings. The van der Waals surface area contributed by atoms with Crippen LogP contribution in [0.4, 0.5) is 4.39 Å². The van der Waals surface area contributed by atoms with Crippen LogP contribution in [0.1, 0.15) is 5.56 Å². The predicted octanol–water partition coefficient (Wildman–Crippen LogP) is 2.75. The number of hydrogen-bond acceptors (Lipinski definition) is 6. The molecule has 1 aliphatic rings. The first-order valence-electron chi connectivity index (χ1n) is 9.26. The lowest BCUT2D eigenvalue weighted by Crippen LogP contribution is -2.64. The van der Waals surface area contributed by atoms with Gasteiger partial charge in [0.2, 0.25) is 10.0 Å². The maximum atomic E-state index is 13.8. The van der Waals surface area contributed by atoms with Gasteiger partial charge in [-0.1, -0.05) is 23.2 Å². The molecule has 0 aliphatic carbocycles. The summed E-state index contributed by atoms with van der Waals surface area (Å²) in [6.07, 6.45) is 0. The zero-order valence-corrected chi connectivity index (χ0v) is 18.8. The van der Waals surface area contributed by atoms with E-state index in [-0.39, 0.29) is 54.0 Å². The van der Waals surface area contributed by atoms with Crippen molar-refractivity contribution in [3.63, 3.8) is 0 Å². The number of ether oxygens (including phenoxy) is 1. The smallest absolute Gasteiger partial charge is 0.317 e. The maximum absolute atomic E-state index is 13.8. The molecule has 0 spiro atoms. The van der Waals surface area contributed by atoms with Crippen molar-refractivity contribution in [1.82, 2.24) is 9.62 Å². The number of carbonyl (C=O) groups is 1. The van der Waals surface area contributed by atoms with E-state index >= 15 is 0 Å². The van der Waals surface area contributed by atoms with Gasteiger partial charge in [0.05, 0.1) is 23.7 Å². The molecule has 0 bridgehead atoms. The fraction of sp³-hybridized carbons (Fsp3) is 0.300. The van der Waals surface area contributed by atoms with Crippen molar-refractivity contribution in [1.29, 1.82) is 5.26 Å². The van der Waals surface area contributed by atoms with Crippen LogP contribution in [0.2, 0.25) is 10.0 Å². The average Bonchev–Trinajstić information content (AvgIpc) is 2.68. The quantitative estimate of drug-likeness (QED) is 0.541. The number of nitrogens with zero attached hydrogens (tertiary/aromatic N) is 2. The molecule has 2 aromatic carbocycles. The van der Waals surface area contributed by atoms with Crippen molar-refractivity contribution in [3.05, 3.63) is 57.8 Å². The van der Waals surface area contributed by atoms with Crippen LogP contribution in [0.15, 0.2) is 41.3 Å². The third kappa shape index (κ3) is 5.31. The lowest BCUT2D eigenvalue weighted by atomic mass is 9.82. The molecule has 0 atom stereocenters. The van der Waals surface area contributed by atoms with Crippen LogP contribution in [0.5, 0.6) is 5.75 Å². The molecule has 2 aromatic rings. The van der Waals surface area contributed by atoms with Crippen molar-refractivity contribution < 1.29 is 27.4 Å². The Kier molecular flexibility index (Phi) is 7.27. The highest BCUT2D eigenvalue weighted by Crippen LogP contribution is 2.37. The van der Waals surface area contributed by atoms with Crippen molar-refractivity contribution in [2.75, 3.05) is 32.8 Å². The van der Waals surface area contributed by atoms with Gasteiger partial charge < -0.3 is 15.2 Å². The van der Waals surface area contributed by atoms with Gasteiger partial charge in [-0.3, -0.25) is 4.79 Å². The number of carboxylic acids is 1. The lowest BCUT2D eigenvalue weighted by Gasteiger charge is -2.48. The van der Waals surface area contributed by atoms with E-state index < -0.39 is 27.2 Å². The van der Waals surface area contributed by atoms with Gasteiger partial charge in [-0.25, -0.2) is 12.8 Å². The van der Waals surface area contributed by atoms with E-state index in [0.717, 1.165) is 6.07 Å². The van der Waals surface area contributed by atoms with Crippen molar-refractivity contribution in [2.24, 2.45) is 5.41 Å². The van der Waals surface area contributed by atoms with E-state index in [4.69, 9.17) is 38.3 Å². The first kappa shape index (κ1) is 24.2. The average molecular weight is 502 g/mol. The van der Waals surface area contributed by atoms with Crippen LogP contribution in [0.3, 0.4) is 0 Å². The van der Waals surface area contributed by atoms with Crippen LogP contribution >= 0.6 is 23.2 Å². The number of benzene rings is 2. The number of aliphatic carboxylic acids is 1. The topological polar surface area (TPSA) is 120 Å². The Balaban J connectivity index is 1.75. The van der Waals surface area contributed by atoms with Crippen LogP contribution in [0, 0.1) is 22.6 Å². The highest BCUT2D eigenvalue weighted by Gasteiger charge is 2.49. The number of nitriles is 1. The van der Waals surface area contributed by atoms with Crippen LogP contribution in [0.25, 0.3) is 0 Å². The molecule has 0 saturated carbocycles. The molecule has 12 heteroatoms. The largest absolute Gasteiger partial charge is 0.493 e. The molecule has 0 unspecified atom stereocenters. The molecule has 170 valence electrons.